The predicted molar refractivity (Wildman–Crippen MR) is 232 cm³/mol. The fourth-order valence-corrected chi connectivity index (χ4v) is 8.06. The Morgan fingerprint density at radius 2 is 1.05 bits per heavy atom. The van der Waals surface area contributed by atoms with Crippen LogP contribution in [0.1, 0.15) is 85.3 Å². The van der Waals surface area contributed by atoms with E-state index >= 15 is 0 Å². The molecule has 0 unspecified atom stereocenters. The number of carbonyl (C=O) groups is 1. The first kappa shape index (κ1) is 34.4. The average Bonchev–Trinajstić information content (AvgIpc) is 3.19. The maximum atomic E-state index is 14.3. The summed E-state index contributed by atoms with van der Waals surface area (Å²) >= 11 is 0. The summed E-state index contributed by atoms with van der Waals surface area (Å²) in [5, 5.41) is 7.17. The maximum Gasteiger partial charge on any atom is 0.194 e. The van der Waals surface area contributed by atoms with Crippen LogP contribution < -0.4 is 4.90 Å². The van der Waals surface area contributed by atoms with Crippen LogP contribution in [-0.4, -0.2) is 10.8 Å². The highest BCUT2D eigenvalue weighted by molar-refractivity contribution is 6.21. The number of aromatic nitrogens is 1. The summed E-state index contributed by atoms with van der Waals surface area (Å²) in [7, 11) is 0. The van der Waals surface area contributed by atoms with Crippen LogP contribution in [0.3, 0.4) is 0 Å². The van der Waals surface area contributed by atoms with Crippen molar-refractivity contribution in [3.05, 3.63) is 191 Å². The highest BCUT2D eigenvalue weighted by Gasteiger charge is 2.30. The zero-order valence-electron chi connectivity index (χ0n) is 32.3. The summed E-state index contributed by atoms with van der Waals surface area (Å²) < 4.78 is 0. The van der Waals surface area contributed by atoms with Crippen molar-refractivity contribution in [3.63, 3.8) is 0 Å². The van der Waals surface area contributed by atoms with Crippen LogP contribution in [0.4, 0.5) is 17.2 Å². The number of rotatable bonds is 4. The normalized spacial score (nSPS) is 12.9. The van der Waals surface area contributed by atoms with E-state index in [9.17, 15) is 4.79 Å². The third kappa shape index (κ3) is 6.10. The second-order valence-corrected chi connectivity index (χ2v) is 16.9. The number of para-hydroxylation sites is 1. The van der Waals surface area contributed by atoms with E-state index in [4.69, 9.17) is 4.98 Å². The lowest BCUT2D eigenvalue weighted by molar-refractivity contribution is 0.103. The SMILES string of the molecule is CC(C)(C)c1ccc2c(c1)C(=O)c1cc(C(C)(C)C)ccc1C2=Cc1ccc2ccc3c4cc(N(c5ccccc5)c5ccccn5)ccc4ccc3c2c1. The van der Waals surface area contributed by atoms with Gasteiger partial charge in [0.2, 0.25) is 0 Å². The smallest absolute Gasteiger partial charge is 0.194 e. The van der Waals surface area contributed by atoms with Crippen molar-refractivity contribution in [2.75, 3.05) is 4.90 Å². The van der Waals surface area contributed by atoms with Crippen molar-refractivity contribution in [1.29, 1.82) is 0 Å². The molecule has 0 atom stereocenters. The molecule has 0 N–H and O–H groups in total. The molecule has 0 fully saturated rings. The molecule has 0 aliphatic heterocycles. The van der Waals surface area contributed by atoms with Crippen LogP contribution in [0.15, 0.2) is 152 Å². The number of hydrogen-bond donors (Lipinski definition) is 0. The minimum absolute atomic E-state index is 0.0741. The van der Waals surface area contributed by atoms with Gasteiger partial charge in [-0.3, -0.25) is 9.69 Å². The van der Waals surface area contributed by atoms with Crippen LogP contribution in [0.25, 0.3) is 44.0 Å². The second kappa shape index (κ2) is 12.9. The molecule has 1 aliphatic rings. The minimum atomic E-state index is -0.0741. The fraction of sp³-hybridized carbons (Fsp3) is 0.154. The molecule has 1 heterocycles. The Bertz CT molecular complexity index is 2730. The van der Waals surface area contributed by atoms with Crippen molar-refractivity contribution in [2.45, 2.75) is 52.4 Å². The third-order valence-corrected chi connectivity index (χ3v) is 11.1. The quantitative estimate of drug-likeness (QED) is 0.170. The molecule has 1 aromatic heterocycles. The number of benzene rings is 7. The van der Waals surface area contributed by atoms with Gasteiger partial charge in [-0.25, -0.2) is 4.98 Å². The Kier molecular flexibility index (Phi) is 8.09. The van der Waals surface area contributed by atoms with Gasteiger partial charge in [-0.1, -0.05) is 133 Å². The molecule has 0 spiro atoms. The first-order valence-corrected chi connectivity index (χ1v) is 19.2. The Balaban J connectivity index is 1.22. The Hall–Kier alpha value is -6.32. The minimum Gasteiger partial charge on any atom is -0.295 e. The van der Waals surface area contributed by atoms with Gasteiger partial charge in [0, 0.05) is 28.7 Å². The van der Waals surface area contributed by atoms with E-state index in [1.165, 1.54) is 32.3 Å². The predicted octanol–water partition coefficient (Wildman–Crippen LogP) is 13.7. The van der Waals surface area contributed by atoms with E-state index in [1.54, 1.807) is 0 Å². The average molecular weight is 713 g/mol. The van der Waals surface area contributed by atoms with Gasteiger partial charge >= 0.3 is 0 Å². The Morgan fingerprint density at radius 1 is 0.491 bits per heavy atom. The van der Waals surface area contributed by atoms with Crippen LogP contribution in [0, 0.1) is 0 Å². The van der Waals surface area contributed by atoms with Gasteiger partial charge in [0.25, 0.3) is 0 Å². The van der Waals surface area contributed by atoms with E-state index in [-0.39, 0.29) is 16.6 Å². The number of anilines is 3. The summed E-state index contributed by atoms with van der Waals surface area (Å²) in [4.78, 5) is 21.2. The van der Waals surface area contributed by atoms with Gasteiger partial charge in [0.05, 0.1) is 0 Å². The van der Waals surface area contributed by atoms with Gasteiger partial charge in [0.15, 0.2) is 5.78 Å². The summed E-state index contributed by atoms with van der Waals surface area (Å²) in [5.41, 5.74) is 9.99. The number of carbonyl (C=O) groups excluding carboxylic acids is 1. The lowest BCUT2D eigenvalue weighted by atomic mass is 9.75. The molecule has 9 rings (SSSR count). The van der Waals surface area contributed by atoms with E-state index in [0.29, 0.717) is 0 Å². The third-order valence-electron chi connectivity index (χ3n) is 11.1. The Morgan fingerprint density at radius 3 is 1.64 bits per heavy atom. The molecule has 0 radical (unpaired) electrons. The van der Waals surface area contributed by atoms with Crippen molar-refractivity contribution in [2.24, 2.45) is 0 Å². The first-order chi connectivity index (χ1) is 26.4. The van der Waals surface area contributed by atoms with E-state index in [1.807, 2.05) is 24.4 Å². The zero-order valence-corrected chi connectivity index (χ0v) is 32.3. The number of pyridine rings is 1. The highest BCUT2D eigenvalue weighted by Crippen LogP contribution is 2.42. The summed E-state index contributed by atoms with van der Waals surface area (Å²) in [6, 6.07) is 51.8. The van der Waals surface area contributed by atoms with Crippen LogP contribution in [0.5, 0.6) is 0 Å². The highest BCUT2D eigenvalue weighted by atomic mass is 16.1. The summed E-state index contributed by atoms with van der Waals surface area (Å²) in [6.45, 7) is 13.2. The monoisotopic (exact) mass is 712 g/mol. The Labute approximate surface area is 323 Å². The van der Waals surface area contributed by atoms with Gasteiger partial charge < -0.3 is 0 Å². The lowest BCUT2D eigenvalue weighted by Crippen LogP contribution is -2.20. The standard InChI is InChI=1S/C52H44N2O/c1-51(2,3)36-20-25-42-46(43-26-21-37(52(4,5)6)31-48(43)50(55)47(42)30-36)29-33-15-16-34-18-24-41-40(44(34)28-33)23-19-35-17-22-39(32-45(35)41)54(38-12-8-7-9-13-38)49-14-10-11-27-53-49/h7-32H,1-6H3. The van der Waals surface area contributed by atoms with Crippen LogP contribution >= 0.6 is 0 Å². The van der Waals surface area contributed by atoms with Gasteiger partial charge in [0.1, 0.15) is 5.82 Å². The van der Waals surface area contributed by atoms with Gasteiger partial charge in [-0.2, -0.15) is 0 Å². The number of fused-ring (bicyclic) bond motifs is 7. The summed E-state index contributed by atoms with van der Waals surface area (Å²) in [5.74, 6) is 0.970. The zero-order chi connectivity index (χ0) is 38.1. The number of nitrogens with zero attached hydrogens (tertiary/aromatic N) is 2. The molecule has 0 saturated carbocycles. The molecule has 1 aliphatic carbocycles. The summed E-state index contributed by atoms with van der Waals surface area (Å²) in [6.07, 6.45) is 4.12. The molecule has 0 saturated heterocycles. The van der Waals surface area contributed by atoms with E-state index in [0.717, 1.165) is 61.7 Å². The maximum absolute atomic E-state index is 14.3. The van der Waals surface area contributed by atoms with Gasteiger partial charge in [-0.05, 0) is 137 Å². The molecule has 0 bridgehead atoms. The van der Waals surface area contributed by atoms with Crippen molar-refractivity contribution in [3.8, 4) is 0 Å². The molecule has 8 aromatic rings. The molecule has 0 amide bonds. The van der Waals surface area contributed by atoms with Crippen molar-refractivity contribution < 1.29 is 4.79 Å². The molecule has 3 nitrogen and oxygen atoms in total. The van der Waals surface area contributed by atoms with Crippen LogP contribution in [0.2, 0.25) is 0 Å². The van der Waals surface area contributed by atoms with Crippen molar-refractivity contribution in [1.82, 2.24) is 4.98 Å². The molecule has 3 heteroatoms. The van der Waals surface area contributed by atoms with Crippen LogP contribution in [-0.2, 0) is 10.8 Å². The van der Waals surface area contributed by atoms with Gasteiger partial charge in [-0.15, -0.1) is 0 Å². The number of hydrogen-bond acceptors (Lipinski definition) is 3. The molecular formula is C52H44N2O. The molecule has 268 valence electrons. The van der Waals surface area contributed by atoms with Crippen molar-refractivity contribution >= 4 is 66.9 Å². The number of ketones is 1. The topological polar surface area (TPSA) is 33.2 Å². The van der Waals surface area contributed by atoms with E-state index in [2.05, 4.69) is 180 Å². The molecule has 7 aromatic carbocycles. The molecular weight excluding hydrogens is 669 g/mol. The fourth-order valence-electron chi connectivity index (χ4n) is 8.06. The second-order valence-electron chi connectivity index (χ2n) is 16.9. The molecule has 55 heavy (non-hydrogen) atoms. The lowest BCUT2D eigenvalue weighted by Gasteiger charge is -2.28. The first-order valence-electron chi connectivity index (χ1n) is 19.2. The largest absolute Gasteiger partial charge is 0.295 e. The van der Waals surface area contributed by atoms with E-state index < -0.39 is 0 Å².